The number of methoxy groups -OCH3 is 1. The molecule has 0 aliphatic carbocycles. The minimum atomic E-state index is -3.86. The highest BCUT2D eigenvalue weighted by molar-refractivity contribution is 9.10. The lowest BCUT2D eigenvalue weighted by Crippen LogP contribution is -2.38. The Bertz CT molecular complexity index is 1250. The van der Waals surface area contributed by atoms with Gasteiger partial charge < -0.3 is 4.74 Å². The predicted octanol–water partition coefficient (Wildman–Crippen LogP) is 4.14. The van der Waals surface area contributed by atoms with Crippen LogP contribution in [-0.2, 0) is 21.8 Å². The van der Waals surface area contributed by atoms with Gasteiger partial charge in [-0.3, -0.25) is 9.36 Å². The largest absolute Gasteiger partial charge is 0.385 e. The van der Waals surface area contributed by atoms with Gasteiger partial charge in [-0.15, -0.1) is 0 Å². The van der Waals surface area contributed by atoms with Crippen LogP contribution in [0.1, 0.15) is 25.2 Å². The van der Waals surface area contributed by atoms with E-state index in [1.165, 1.54) is 8.87 Å². The highest BCUT2D eigenvalue weighted by Crippen LogP contribution is 2.28. The number of benzene rings is 2. The smallest absolute Gasteiger partial charge is 0.261 e. The Morgan fingerprint density at radius 2 is 1.90 bits per heavy atom. The number of rotatable bonds is 8. The molecule has 0 aliphatic rings. The second-order valence-corrected chi connectivity index (χ2v) is 10.3. The fourth-order valence-corrected chi connectivity index (χ4v) is 5.45. The number of nitrogens with zero attached hydrogens (tertiary/aromatic N) is 3. The van der Waals surface area contributed by atoms with Gasteiger partial charge in [-0.1, -0.05) is 27.5 Å². The first-order chi connectivity index (χ1) is 14.7. The highest BCUT2D eigenvalue weighted by atomic mass is 79.9. The third-order valence-electron chi connectivity index (χ3n) is 5.03. The van der Waals surface area contributed by atoms with Gasteiger partial charge in [0.1, 0.15) is 5.82 Å². The zero-order valence-corrected chi connectivity index (χ0v) is 20.5. The fourth-order valence-electron chi connectivity index (χ4n) is 3.39. The standard InChI is InChI=1S/C21H23BrClN3O4S/c1-14(20-24-19-13-16(23)7-10-18(19)21(27)25(20)2)26(11-4-12-30-3)31(28,29)17-8-5-15(22)6-9-17/h5-10,13-14H,4,11-12H2,1-3H3. The van der Waals surface area contributed by atoms with Crippen LogP contribution in [-0.4, -0.2) is 42.5 Å². The van der Waals surface area contributed by atoms with Gasteiger partial charge in [-0.25, -0.2) is 13.4 Å². The average molecular weight is 529 g/mol. The molecule has 10 heteroatoms. The van der Waals surface area contributed by atoms with Crippen molar-refractivity contribution in [1.82, 2.24) is 13.9 Å². The van der Waals surface area contributed by atoms with E-state index in [-0.39, 0.29) is 17.0 Å². The summed E-state index contributed by atoms with van der Waals surface area (Å²) in [6.07, 6.45) is 0.490. The van der Waals surface area contributed by atoms with Gasteiger partial charge in [-0.2, -0.15) is 4.31 Å². The zero-order chi connectivity index (χ0) is 22.8. The van der Waals surface area contributed by atoms with Crippen molar-refractivity contribution in [2.45, 2.75) is 24.3 Å². The SMILES string of the molecule is COCCCN(C(C)c1nc2cc(Cl)ccc2c(=O)n1C)S(=O)(=O)c1ccc(Br)cc1. The molecular formula is C21H23BrClN3O4S. The third-order valence-corrected chi connectivity index (χ3v) is 7.77. The van der Waals surface area contributed by atoms with Gasteiger partial charge in [0.2, 0.25) is 10.0 Å². The normalized spacial score (nSPS) is 13.1. The number of ether oxygens (including phenoxy) is 1. The predicted molar refractivity (Wildman–Crippen MR) is 125 cm³/mol. The molecule has 0 aliphatic heterocycles. The van der Waals surface area contributed by atoms with E-state index in [9.17, 15) is 13.2 Å². The summed E-state index contributed by atoms with van der Waals surface area (Å²) < 4.78 is 35.6. The molecule has 1 heterocycles. The Kier molecular flexibility index (Phi) is 7.54. The molecule has 0 fully saturated rings. The summed E-state index contributed by atoms with van der Waals surface area (Å²) in [4.78, 5) is 17.7. The van der Waals surface area contributed by atoms with E-state index in [2.05, 4.69) is 20.9 Å². The van der Waals surface area contributed by atoms with Crippen molar-refractivity contribution >= 4 is 48.5 Å². The quantitative estimate of drug-likeness (QED) is 0.411. The van der Waals surface area contributed by atoms with E-state index in [1.54, 1.807) is 63.5 Å². The van der Waals surface area contributed by atoms with Crippen molar-refractivity contribution in [3.05, 3.63) is 68.1 Å². The maximum Gasteiger partial charge on any atom is 0.261 e. The number of aromatic nitrogens is 2. The van der Waals surface area contributed by atoms with Crippen molar-refractivity contribution < 1.29 is 13.2 Å². The molecule has 0 saturated carbocycles. The summed E-state index contributed by atoms with van der Waals surface area (Å²) in [6.45, 7) is 2.33. The Morgan fingerprint density at radius 3 is 2.55 bits per heavy atom. The van der Waals surface area contributed by atoms with E-state index < -0.39 is 16.1 Å². The number of fused-ring (bicyclic) bond motifs is 1. The second kappa shape index (κ2) is 9.79. The van der Waals surface area contributed by atoms with Crippen molar-refractivity contribution in [2.24, 2.45) is 7.05 Å². The molecule has 1 atom stereocenters. The summed E-state index contributed by atoms with van der Waals surface area (Å²) in [6, 6.07) is 10.6. The van der Waals surface area contributed by atoms with Gasteiger partial charge in [0, 0.05) is 36.8 Å². The Labute approximate surface area is 194 Å². The number of sulfonamides is 1. The summed E-state index contributed by atoms with van der Waals surface area (Å²) >= 11 is 9.41. The first kappa shape index (κ1) is 23.9. The summed E-state index contributed by atoms with van der Waals surface area (Å²) in [5, 5.41) is 0.871. The van der Waals surface area contributed by atoms with Crippen molar-refractivity contribution in [3.63, 3.8) is 0 Å². The van der Waals surface area contributed by atoms with Crippen molar-refractivity contribution in [1.29, 1.82) is 0 Å². The van der Waals surface area contributed by atoms with Gasteiger partial charge in [0.15, 0.2) is 0 Å². The van der Waals surface area contributed by atoms with Crippen LogP contribution in [0.25, 0.3) is 10.9 Å². The van der Waals surface area contributed by atoms with Crippen LogP contribution in [0.4, 0.5) is 0 Å². The monoisotopic (exact) mass is 527 g/mol. The highest BCUT2D eigenvalue weighted by Gasteiger charge is 2.32. The lowest BCUT2D eigenvalue weighted by Gasteiger charge is -2.29. The molecular weight excluding hydrogens is 506 g/mol. The van der Waals surface area contributed by atoms with Gasteiger partial charge in [0.05, 0.1) is 21.8 Å². The molecule has 31 heavy (non-hydrogen) atoms. The lowest BCUT2D eigenvalue weighted by molar-refractivity contribution is 0.181. The van der Waals surface area contributed by atoms with Gasteiger partial charge in [0.25, 0.3) is 5.56 Å². The fraction of sp³-hybridized carbons (Fsp3) is 0.333. The number of hydrogen-bond acceptors (Lipinski definition) is 5. The van der Waals surface area contributed by atoms with Crippen LogP contribution in [0.3, 0.4) is 0 Å². The van der Waals surface area contributed by atoms with Crippen molar-refractivity contribution in [3.8, 4) is 0 Å². The minimum Gasteiger partial charge on any atom is -0.385 e. The van der Waals surface area contributed by atoms with E-state index >= 15 is 0 Å². The molecule has 0 N–H and O–H groups in total. The molecule has 0 amide bonds. The van der Waals surface area contributed by atoms with E-state index in [4.69, 9.17) is 16.3 Å². The van der Waals surface area contributed by atoms with Crippen LogP contribution in [0.2, 0.25) is 5.02 Å². The number of hydrogen-bond donors (Lipinski definition) is 0. The number of halogens is 2. The van der Waals surface area contributed by atoms with E-state index in [0.717, 1.165) is 4.47 Å². The molecule has 166 valence electrons. The molecule has 3 rings (SSSR count). The molecule has 7 nitrogen and oxygen atoms in total. The molecule has 3 aromatic rings. The maximum atomic E-state index is 13.5. The first-order valence-corrected chi connectivity index (χ1v) is 12.2. The van der Waals surface area contributed by atoms with Crippen LogP contribution >= 0.6 is 27.5 Å². The zero-order valence-electron chi connectivity index (χ0n) is 17.4. The summed E-state index contributed by atoms with van der Waals surface area (Å²) in [5.41, 5.74) is 0.164. The van der Waals surface area contributed by atoms with Crippen LogP contribution in [0.15, 0.2) is 56.6 Å². The molecule has 0 radical (unpaired) electrons. The molecule has 1 unspecified atom stereocenters. The molecule has 0 spiro atoms. The summed E-state index contributed by atoms with van der Waals surface area (Å²) in [7, 11) is -0.704. The second-order valence-electron chi connectivity index (χ2n) is 7.09. The third kappa shape index (κ3) is 5.01. The molecule has 1 aromatic heterocycles. The molecule has 0 saturated heterocycles. The first-order valence-electron chi connectivity index (χ1n) is 9.59. The van der Waals surface area contributed by atoms with Crippen LogP contribution in [0, 0.1) is 0 Å². The van der Waals surface area contributed by atoms with Crippen LogP contribution in [0.5, 0.6) is 0 Å². The average Bonchev–Trinajstić information content (AvgIpc) is 2.73. The maximum absolute atomic E-state index is 13.5. The Balaban J connectivity index is 2.12. The van der Waals surface area contributed by atoms with Crippen LogP contribution < -0.4 is 5.56 Å². The van der Waals surface area contributed by atoms with E-state index in [1.807, 2.05) is 0 Å². The molecule has 0 bridgehead atoms. The Morgan fingerprint density at radius 1 is 1.23 bits per heavy atom. The molecule has 2 aromatic carbocycles. The lowest BCUT2D eigenvalue weighted by atomic mass is 10.2. The van der Waals surface area contributed by atoms with E-state index in [0.29, 0.717) is 34.8 Å². The van der Waals surface area contributed by atoms with Gasteiger partial charge >= 0.3 is 0 Å². The minimum absolute atomic E-state index is 0.161. The Hall–Kier alpha value is -1.78. The topological polar surface area (TPSA) is 81.5 Å². The van der Waals surface area contributed by atoms with Crippen molar-refractivity contribution in [2.75, 3.05) is 20.3 Å². The summed E-state index contributed by atoms with van der Waals surface area (Å²) in [5.74, 6) is 0.331. The van der Waals surface area contributed by atoms with Gasteiger partial charge in [-0.05, 0) is 55.8 Å².